The molecule has 0 aliphatic heterocycles. The number of amides is 4. The molecule has 0 aromatic heterocycles. The van der Waals surface area contributed by atoms with Crippen LogP contribution in [0.25, 0.3) is 0 Å². The number of nitrogens with two attached hydrogens (primary N) is 1. The van der Waals surface area contributed by atoms with Crippen molar-refractivity contribution in [1.82, 2.24) is 15.5 Å². The molecule has 0 fully saturated rings. The smallest absolute Gasteiger partial charge is 0.408 e. The summed E-state index contributed by atoms with van der Waals surface area (Å²) in [7, 11) is 0. The van der Waals surface area contributed by atoms with Gasteiger partial charge in [0.1, 0.15) is 17.7 Å². The molecule has 0 bridgehead atoms. The van der Waals surface area contributed by atoms with E-state index in [0.717, 1.165) is 5.56 Å². The minimum Gasteiger partial charge on any atom is -0.444 e. The van der Waals surface area contributed by atoms with Crippen molar-refractivity contribution in [2.24, 2.45) is 11.7 Å². The summed E-state index contributed by atoms with van der Waals surface area (Å²) in [4.78, 5) is 79.5. The molecule has 4 N–H and O–H groups in total. The minimum atomic E-state index is -1.41. The van der Waals surface area contributed by atoms with E-state index in [1.807, 2.05) is 51.1 Å². The van der Waals surface area contributed by atoms with E-state index < -0.39 is 59.1 Å². The third-order valence-electron chi connectivity index (χ3n) is 6.78. The molecule has 244 valence electrons. The SMILES string of the molecule is CCC[C@H](NC(=O)[C@H](Cc1ccccc1)NC(=O)OC(C)(C)C)C(=O)N(Cc1ccccc1)[C@@H](CC(C)C)C(=O)C(=O)C(N)=O. The fraction of sp³-hybridized carbons (Fsp3) is 0.471. The molecular formula is C34H46N4O7. The lowest BCUT2D eigenvalue weighted by Gasteiger charge is -2.35. The first-order valence-electron chi connectivity index (χ1n) is 15.2. The van der Waals surface area contributed by atoms with Crippen LogP contribution >= 0.6 is 0 Å². The minimum absolute atomic E-state index is 0.0610. The number of benzene rings is 2. The molecular weight excluding hydrogens is 576 g/mol. The van der Waals surface area contributed by atoms with Crippen molar-refractivity contribution in [1.29, 1.82) is 0 Å². The molecule has 45 heavy (non-hydrogen) atoms. The van der Waals surface area contributed by atoms with Crippen LogP contribution in [0.4, 0.5) is 4.79 Å². The molecule has 0 spiro atoms. The third-order valence-corrected chi connectivity index (χ3v) is 6.78. The summed E-state index contributed by atoms with van der Waals surface area (Å²) in [5.41, 5.74) is 5.80. The maximum Gasteiger partial charge on any atom is 0.408 e. The van der Waals surface area contributed by atoms with E-state index in [-0.39, 0.29) is 31.7 Å². The molecule has 0 heterocycles. The van der Waals surface area contributed by atoms with Crippen molar-refractivity contribution in [2.75, 3.05) is 0 Å². The molecule has 0 saturated heterocycles. The largest absolute Gasteiger partial charge is 0.444 e. The number of carbonyl (C=O) groups is 6. The molecule has 2 aromatic carbocycles. The highest BCUT2D eigenvalue weighted by Gasteiger charge is 2.39. The highest BCUT2D eigenvalue weighted by molar-refractivity contribution is 6.64. The Morgan fingerprint density at radius 3 is 1.89 bits per heavy atom. The fourth-order valence-corrected chi connectivity index (χ4v) is 4.74. The van der Waals surface area contributed by atoms with Gasteiger partial charge in [0, 0.05) is 13.0 Å². The molecule has 2 rings (SSSR count). The van der Waals surface area contributed by atoms with Crippen LogP contribution in [0.3, 0.4) is 0 Å². The number of Topliss-reactive ketones (excluding diaryl/α,β-unsaturated/α-hetero) is 2. The second-order valence-electron chi connectivity index (χ2n) is 12.4. The standard InChI is InChI=1S/C34H46N4O7/c1-7-14-25(36-31(42)26(20-23-15-10-8-11-16-23)37-33(44)45-34(4,5)6)32(43)38(21-24-17-12-9-13-18-24)27(19-22(2)3)28(39)29(40)30(35)41/h8-13,15-18,22,25-27H,7,14,19-21H2,1-6H3,(H2,35,41)(H,36,42)(H,37,44)/t25-,26-,27-/m0/s1. The van der Waals surface area contributed by atoms with E-state index in [0.29, 0.717) is 12.0 Å². The maximum absolute atomic E-state index is 14.3. The second-order valence-corrected chi connectivity index (χ2v) is 12.4. The number of rotatable bonds is 16. The van der Waals surface area contributed by atoms with Crippen molar-refractivity contribution in [2.45, 2.75) is 97.5 Å². The molecule has 2 aromatic rings. The van der Waals surface area contributed by atoms with Gasteiger partial charge >= 0.3 is 6.09 Å². The Balaban J connectivity index is 2.49. The van der Waals surface area contributed by atoms with Crippen LogP contribution in [0.15, 0.2) is 60.7 Å². The first-order valence-corrected chi connectivity index (χ1v) is 15.2. The molecule has 4 amide bonds. The normalized spacial score (nSPS) is 13.2. The van der Waals surface area contributed by atoms with Crippen LogP contribution in [-0.2, 0) is 41.7 Å². The first-order chi connectivity index (χ1) is 21.1. The number of ketones is 2. The van der Waals surface area contributed by atoms with Crippen LogP contribution in [0.1, 0.15) is 71.9 Å². The van der Waals surface area contributed by atoms with E-state index in [4.69, 9.17) is 10.5 Å². The maximum atomic E-state index is 14.3. The first kappa shape index (κ1) is 36.7. The third kappa shape index (κ3) is 12.2. The van der Waals surface area contributed by atoms with Crippen LogP contribution in [0.5, 0.6) is 0 Å². The average Bonchev–Trinajstić information content (AvgIpc) is 2.97. The summed E-state index contributed by atoms with van der Waals surface area (Å²) in [5, 5.41) is 5.41. The van der Waals surface area contributed by atoms with Crippen molar-refractivity contribution >= 4 is 35.4 Å². The monoisotopic (exact) mass is 622 g/mol. The predicted octanol–water partition coefficient (Wildman–Crippen LogP) is 3.47. The Kier molecular flexibility index (Phi) is 13.9. The summed E-state index contributed by atoms with van der Waals surface area (Å²) in [6, 6.07) is 14.4. The van der Waals surface area contributed by atoms with E-state index in [9.17, 15) is 28.8 Å². The van der Waals surface area contributed by atoms with E-state index in [1.165, 1.54) is 4.90 Å². The van der Waals surface area contributed by atoms with Gasteiger partial charge in [0.15, 0.2) is 0 Å². The summed E-state index contributed by atoms with van der Waals surface area (Å²) >= 11 is 0. The van der Waals surface area contributed by atoms with Gasteiger partial charge in [-0.1, -0.05) is 87.9 Å². The number of ether oxygens (including phenoxy) is 1. The Labute approximate surface area is 265 Å². The Morgan fingerprint density at radius 2 is 1.40 bits per heavy atom. The number of alkyl carbamates (subject to hydrolysis) is 1. The van der Waals surface area contributed by atoms with Crippen LogP contribution in [0.2, 0.25) is 0 Å². The van der Waals surface area contributed by atoms with Gasteiger partial charge in [0.2, 0.25) is 17.6 Å². The Bertz CT molecular complexity index is 1320. The molecule has 0 radical (unpaired) electrons. The zero-order chi connectivity index (χ0) is 33.7. The van der Waals surface area contributed by atoms with Gasteiger partial charge in [-0.05, 0) is 50.7 Å². The second kappa shape index (κ2) is 17.1. The van der Waals surface area contributed by atoms with Gasteiger partial charge in [-0.2, -0.15) is 0 Å². The number of nitrogens with one attached hydrogen (secondary N) is 2. The molecule has 0 aliphatic carbocycles. The number of hydrogen-bond acceptors (Lipinski definition) is 7. The molecule has 0 unspecified atom stereocenters. The van der Waals surface area contributed by atoms with Crippen molar-refractivity contribution in [3.8, 4) is 0 Å². The van der Waals surface area contributed by atoms with Gasteiger partial charge in [-0.3, -0.25) is 24.0 Å². The fourth-order valence-electron chi connectivity index (χ4n) is 4.74. The molecule has 11 heteroatoms. The number of nitrogens with zero attached hydrogens (tertiary/aromatic N) is 1. The molecule has 0 aliphatic rings. The van der Waals surface area contributed by atoms with Crippen molar-refractivity contribution < 1.29 is 33.5 Å². The lowest BCUT2D eigenvalue weighted by atomic mass is 9.94. The van der Waals surface area contributed by atoms with Crippen LogP contribution in [-0.4, -0.2) is 64.0 Å². The Hall–Kier alpha value is -4.54. The van der Waals surface area contributed by atoms with Gasteiger partial charge < -0.3 is 26.0 Å². The zero-order valence-electron chi connectivity index (χ0n) is 27.0. The van der Waals surface area contributed by atoms with E-state index >= 15 is 0 Å². The Morgan fingerprint density at radius 1 is 0.844 bits per heavy atom. The van der Waals surface area contributed by atoms with Gasteiger partial charge in [-0.15, -0.1) is 0 Å². The number of hydrogen-bond donors (Lipinski definition) is 3. The molecule has 11 nitrogen and oxygen atoms in total. The lowest BCUT2D eigenvalue weighted by Crippen LogP contribution is -2.58. The number of primary amides is 1. The van der Waals surface area contributed by atoms with E-state index in [2.05, 4.69) is 10.6 Å². The van der Waals surface area contributed by atoms with E-state index in [1.54, 1.807) is 51.1 Å². The van der Waals surface area contributed by atoms with Crippen LogP contribution in [0, 0.1) is 5.92 Å². The summed E-state index contributed by atoms with van der Waals surface area (Å²) in [6.07, 6.45) is 0.0955. The summed E-state index contributed by atoms with van der Waals surface area (Å²) in [5.74, 6) is -5.27. The van der Waals surface area contributed by atoms with Gasteiger partial charge in [0.05, 0.1) is 6.04 Å². The van der Waals surface area contributed by atoms with Crippen molar-refractivity contribution in [3.63, 3.8) is 0 Å². The average molecular weight is 623 g/mol. The summed E-state index contributed by atoms with van der Waals surface area (Å²) in [6.45, 7) is 10.5. The summed E-state index contributed by atoms with van der Waals surface area (Å²) < 4.78 is 5.38. The zero-order valence-corrected chi connectivity index (χ0v) is 27.0. The van der Waals surface area contributed by atoms with Crippen LogP contribution < -0.4 is 16.4 Å². The molecule has 3 atom stereocenters. The molecule has 0 saturated carbocycles. The quantitative estimate of drug-likeness (QED) is 0.190. The predicted molar refractivity (Wildman–Crippen MR) is 170 cm³/mol. The van der Waals surface area contributed by atoms with Gasteiger partial charge in [-0.25, -0.2) is 4.79 Å². The highest BCUT2D eigenvalue weighted by atomic mass is 16.6. The van der Waals surface area contributed by atoms with Gasteiger partial charge in [0.25, 0.3) is 11.7 Å². The van der Waals surface area contributed by atoms with Crippen molar-refractivity contribution in [3.05, 3.63) is 71.8 Å². The number of carbonyl (C=O) groups excluding carboxylic acids is 6. The topological polar surface area (TPSA) is 165 Å². The lowest BCUT2D eigenvalue weighted by molar-refractivity contribution is -0.150. The highest BCUT2D eigenvalue weighted by Crippen LogP contribution is 2.20.